The van der Waals surface area contributed by atoms with Crippen molar-refractivity contribution < 1.29 is 0 Å². The summed E-state index contributed by atoms with van der Waals surface area (Å²) in [6.07, 6.45) is 0. The van der Waals surface area contributed by atoms with Crippen molar-refractivity contribution in [3.8, 4) is 5.69 Å². The second kappa shape index (κ2) is 6.13. The van der Waals surface area contributed by atoms with E-state index in [0.29, 0.717) is 5.02 Å². The molecule has 0 saturated heterocycles. The molecule has 0 bridgehead atoms. The molecule has 3 heteroatoms. The average Bonchev–Trinajstić information content (AvgIpc) is 3.07. The molecule has 30 heavy (non-hydrogen) atoms. The number of halogens is 1. The average molecular weight is 409 g/mol. The summed E-state index contributed by atoms with van der Waals surface area (Å²) in [5, 5.41) is 6.67. The Morgan fingerprint density at radius 3 is 2.33 bits per heavy atom. The molecule has 1 aliphatic heterocycles. The number of nitrogens with one attached hydrogen (secondary N) is 1. The highest BCUT2D eigenvalue weighted by atomic mass is 35.5. The van der Waals surface area contributed by atoms with E-state index in [9.17, 15) is 0 Å². The van der Waals surface area contributed by atoms with Crippen molar-refractivity contribution in [2.75, 3.05) is 5.32 Å². The maximum Gasteiger partial charge on any atom is 0.0662 e. The van der Waals surface area contributed by atoms with E-state index >= 15 is 0 Å². The van der Waals surface area contributed by atoms with Gasteiger partial charge in [-0.3, -0.25) is 0 Å². The Balaban J connectivity index is 1.70. The first-order valence-electron chi connectivity index (χ1n) is 10.2. The molecule has 6 rings (SSSR count). The normalized spacial score (nSPS) is 14.1. The predicted octanol–water partition coefficient (Wildman–Crippen LogP) is 7.82. The van der Waals surface area contributed by atoms with Crippen LogP contribution in [0.1, 0.15) is 25.0 Å². The lowest BCUT2D eigenvalue weighted by Crippen LogP contribution is -2.26. The van der Waals surface area contributed by atoms with Gasteiger partial charge in [0.1, 0.15) is 0 Å². The minimum atomic E-state index is -0.0601. The summed E-state index contributed by atoms with van der Waals surface area (Å²) in [5.41, 5.74) is 8.24. The minimum Gasteiger partial charge on any atom is -0.354 e. The standard InChI is InChI=1S/C27H21ClN2/c1-27(2)20-12-6-7-14-24(20)30-25-16-22(28)23(29-17-9-4-3-5-10-17)15-19(25)18-11-8-13-21(27)26(18)30/h3-16,29H,1-2H3. The van der Waals surface area contributed by atoms with E-state index in [1.165, 1.54) is 33.1 Å². The molecule has 0 fully saturated rings. The third kappa shape index (κ3) is 2.31. The van der Waals surface area contributed by atoms with Crippen LogP contribution in [0.15, 0.2) is 84.9 Å². The number of hydrogen-bond donors (Lipinski definition) is 1. The first kappa shape index (κ1) is 17.6. The monoisotopic (exact) mass is 408 g/mol. The molecule has 2 nitrogen and oxygen atoms in total. The quantitative estimate of drug-likeness (QED) is 0.315. The van der Waals surface area contributed by atoms with Crippen LogP contribution < -0.4 is 5.32 Å². The van der Waals surface area contributed by atoms with Crippen LogP contribution in [0.3, 0.4) is 0 Å². The third-order valence-electron chi connectivity index (χ3n) is 6.42. The molecule has 0 amide bonds. The van der Waals surface area contributed by atoms with Gasteiger partial charge in [-0.15, -0.1) is 0 Å². The summed E-state index contributed by atoms with van der Waals surface area (Å²) in [5.74, 6) is 0. The van der Waals surface area contributed by atoms with E-state index in [0.717, 1.165) is 16.9 Å². The summed E-state index contributed by atoms with van der Waals surface area (Å²) in [6, 6.07) is 29.8. The van der Waals surface area contributed by atoms with Crippen LogP contribution in [0.2, 0.25) is 5.02 Å². The molecular weight excluding hydrogens is 388 g/mol. The first-order valence-corrected chi connectivity index (χ1v) is 10.6. The van der Waals surface area contributed by atoms with Gasteiger partial charge < -0.3 is 9.88 Å². The second-order valence-corrected chi connectivity index (χ2v) is 8.93. The van der Waals surface area contributed by atoms with Gasteiger partial charge in [-0.2, -0.15) is 0 Å². The smallest absolute Gasteiger partial charge is 0.0662 e. The van der Waals surface area contributed by atoms with Crippen LogP contribution in [-0.2, 0) is 5.41 Å². The third-order valence-corrected chi connectivity index (χ3v) is 6.73. The largest absolute Gasteiger partial charge is 0.354 e. The van der Waals surface area contributed by atoms with E-state index < -0.39 is 0 Å². The Hall–Kier alpha value is -3.23. The molecule has 146 valence electrons. The van der Waals surface area contributed by atoms with Crippen molar-refractivity contribution in [2.45, 2.75) is 19.3 Å². The van der Waals surface area contributed by atoms with Crippen LogP contribution in [0, 0.1) is 0 Å². The van der Waals surface area contributed by atoms with Gasteiger partial charge >= 0.3 is 0 Å². The summed E-state index contributed by atoms with van der Waals surface area (Å²) in [7, 11) is 0. The zero-order valence-electron chi connectivity index (χ0n) is 16.9. The SMILES string of the molecule is CC1(C)c2ccccc2-n2c3cc(Cl)c(Nc4ccccc4)cc3c3cccc1c32. The molecule has 0 aliphatic carbocycles. The van der Waals surface area contributed by atoms with E-state index in [-0.39, 0.29) is 5.41 Å². The Morgan fingerprint density at radius 2 is 1.50 bits per heavy atom. The van der Waals surface area contributed by atoms with Gasteiger partial charge in [0.05, 0.1) is 27.4 Å². The molecule has 0 spiro atoms. The van der Waals surface area contributed by atoms with Gasteiger partial charge in [0.2, 0.25) is 0 Å². The van der Waals surface area contributed by atoms with Crippen molar-refractivity contribution in [2.24, 2.45) is 0 Å². The van der Waals surface area contributed by atoms with Crippen molar-refractivity contribution in [3.05, 3.63) is 101 Å². The van der Waals surface area contributed by atoms with Crippen LogP contribution in [-0.4, -0.2) is 4.57 Å². The van der Waals surface area contributed by atoms with Gasteiger partial charge in [0.25, 0.3) is 0 Å². The summed E-state index contributed by atoms with van der Waals surface area (Å²) >= 11 is 6.77. The maximum absolute atomic E-state index is 6.77. The van der Waals surface area contributed by atoms with Crippen LogP contribution >= 0.6 is 11.6 Å². The Bertz CT molecular complexity index is 1440. The highest BCUT2D eigenvalue weighted by Gasteiger charge is 2.34. The van der Waals surface area contributed by atoms with Gasteiger partial charge in [-0.05, 0) is 41.5 Å². The van der Waals surface area contributed by atoms with E-state index in [1.54, 1.807) is 0 Å². The summed E-state index contributed by atoms with van der Waals surface area (Å²) in [6.45, 7) is 4.63. The maximum atomic E-state index is 6.77. The molecule has 0 saturated carbocycles. The number of aromatic nitrogens is 1. The summed E-state index contributed by atoms with van der Waals surface area (Å²) in [4.78, 5) is 0. The molecule has 0 radical (unpaired) electrons. The molecule has 1 aromatic heterocycles. The lowest BCUT2D eigenvalue weighted by atomic mass is 9.75. The molecular formula is C27H21ClN2. The van der Waals surface area contributed by atoms with Crippen molar-refractivity contribution in [3.63, 3.8) is 0 Å². The van der Waals surface area contributed by atoms with Gasteiger partial charge in [0.15, 0.2) is 0 Å². The molecule has 5 aromatic rings. The minimum absolute atomic E-state index is 0.0601. The zero-order valence-corrected chi connectivity index (χ0v) is 17.7. The van der Waals surface area contributed by atoms with Gasteiger partial charge in [-0.25, -0.2) is 0 Å². The fourth-order valence-electron chi connectivity index (χ4n) is 4.96. The predicted molar refractivity (Wildman–Crippen MR) is 128 cm³/mol. The molecule has 0 unspecified atom stereocenters. The highest BCUT2D eigenvalue weighted by Crippen LogP contribution is 2.48. The number of hydrogen-bond acceptors (Lipinski definition) is 1. The number of rotatable bonds is 2. The number of anilines is 2. The van der Waals surface area contributed by atoms with Crippen LogP contribution in [0.5, 0.6) is 0 Å². The summed E-state index contributed by atoms with van der Waals surface area (Å²) < 4.78 is 2.39. The molecule has 4 aromatic carbocycles. The molecule has 1 aliphatic rings. The number of nitrogens with zero attached hydrogens (tertiary/aromatic N) is 1. The fraction of sp³-hybridized carbons (Fsp3) is 0.111. The topological polar surface area (TPSA) is 17.0 Å². The van der Waals surface area contributed by atoms with E-state index in [4.69, 9.17) is 11.6 Å². The Labute approximate surface area is 180 Å². The lowest BCUT2D eigenvalue weighted by molar-refractivity contribution is 0.630. The molecule has 2 heterocycles. The first-order chi connectivity index (χ1) is 14.6. The Morgan fingerprint density at radius 1 is 0.767 bits per heavy atom. The Kier molecular flexibility index (Phi) is 3.60. The van der Waals surface area contributed by atoms with Crippen molar-refractivity contribution in [1.29, 1.82) is 0 Å². The van der Waals surface area contributed by atoms with Gasteiger partial charge in [0, 0.05) is 21.9 Å². The second-order valence-electron chi connectivity index (χ2n) is 8.52. The van der Waals surface area contributed by atoms with Crippen LogP contribution in [0.25, 0.3) is 27.5 Å². The molecule has 1 N–H and O–H groups in total. The number of fused-ring (bicyclic) bond motifs is 5. The fourth-order valence-corrected chi connectivity index (χ4v) is 5.16. The van der Waals surface area contributed by atoms with Crippen LogP contribution in [0.4, 0.5) is 11.4 Å². The number of para-hydroxylation sites is 3. The van der Waals surface area contributed by atoms with Crippen molar-refractivity contribution in [1.82, 2.24) is 4.57 Å². The van der Waals surface area contributed by atoms with Crippen molar-refractivity contribution >= 4 is 44.8 Å². The van der Waals surface area contributed by atoms with E-state index in [1.807, 2.05) is 18.2 Å². The molecule has 0 atom stereocenters. The van der Waals surface area contributed by atoms with Gasteiger partial charge in [-0.1, -0.05) is 80.0 Å². The lowest BCUT2D eigenvalue weighted by Gasteiger charge is -2.34. The zero-order chi connectivity index (χ0) is 20.5. The highest BCUT2D eigenvalue weighted by molar-refractivity contribution is 6.34. The number of benzene rings is 4. The van der Waals surface area contributed by atoms with E-state index in [2.05, 4.69) is 90.5 Å².